The highest BCUT2D eigenvalue weighted by Crippen LogP contribution is 2.45. The molecule has 1 aliphatic rings. The SMILES string of the molecule is Cc1noc(C)c1-c1ccc2nc(NC(O)C(C)C)n3c2c1OCC3c1ccccc1. The van der Waals surface area contributed by atoms with Crippen molar-refractivity contribution in [2.45, 2.75) is 40.0 Å². The van der Waals surface area contributed by atoms with E-state index in [4.69, 9.17) is 14.2 Å². The third-order valence-corrected chi connectivity index (χ3v) is 5.90. The number of ether oxygens (including phenoxy) is 1. The highest BCUT2D eigenvalue weighted by Gasteiger charge is 2.32. The number of aliphatic hydroxyl groups excluding tert-OH is 1. The molecule has 0 radical (unpaired) electrons. The molecule has 5 rings (SSSR count). The lowest BCUT2D eigenvalue weighted by Gasteiger charge is -2.29. The van der Waals surface area contributed by atoms with E-state index in [0.29, 0.717) is 12.6 Å². The molecule has 0 spiro atoms. The summed E-state index contributed by atoms with van der Waals surface area (Å²) < 4.78 is 13.9. The molecule has 31 heavy (non-hydrogen) atoms. The fraction of sp³-hybridized carbons (Fsp3) is 0.333. The maximum Gasteiger partial charge on any atom is 0.206 e. The molecule has 0 bridgehead atoms. The lowest BCUT2D eigenvalue weighted by atomic mass is 10.00. The molecule has 2 aromatic heterocycles. The molecule has 0 saturated carbocycles. The summed E-state index contributed by atoms with van der Waals surface area (Å²) in [5.74, 6) is 2.19. The molecule has 4 aromatic rings. The van der Waals surface area contributed by atoms with Gasteiger partial charge in [0.15, 0.2) is 5.75 Å². The van der Waals surface area contributed by atoms with Gasteiger partial charge in [0.1, 0.15) is 24.1 Å². The second-order valence-electron chi connectivity index (χ2n) is 8.39. The van der Waals surface area contributed by atoms with Gasteiger partial charge < -0.3 is 19.7 Å². The highest BCUT2D eigenvalue weighted by atomic mass is 16.5. The van der Waals surface area contributed by atoms with E-state index in [1.165, 1.54) is 0 Å². The van der Waals surface area contributed by atoms with Crippen molar-refractivity contribution in [1.82, 2.24) is 14.7 Å². The molecule has 2 atom stereocenters. The van der Waals surface area contributed by atoms with Crippen LogP contribution in [-0.2, 0) is 0 Å². The quantitative estimate of drug-likeness (QED) is 0.458. The van der Waals surface area contributed by atoms with Crippen LogP contribution in [0.2, 0.25) is 0 Å². The fourth-order valence-electron chi connectivity index (χ4n) is 4.23. The Morgan fingerprint density at radius 3 is 2.58 bits per heavy atom. The molecule has 160 valence electrons. The Balaban J connectivity index is 1.76. The van der Waals surface area contributed by atoms with Crippen LogP contribution in [0.25, 0.3) is 22.2 Å². The van der Waals surface area contributed by atoms with Gasteiger partial charge in [0.05, 0.1) is 22.8 Å². The number of nitrogens with one attached hydrogen (secondary N) is 1. The first-order valence-corrected chi connectivity index (χ1v) is 10.6. The molecule has 2 N–H and O–H groups in total. The number of benzene rings is 2. The van der Waals surface area contributed by atoms with Crippen molar-refractivity contribution < 1.29 is 14.4 Å². The predicted octanol–water partition coefficient (Wildman–Crippen LogP) is 4.68. The van der Waals surface area contributed by atoms with Crippen LogP contribution in [0.4, 0.5) is 5.95 Å². The molecular formula is C24H26N4O3. The predicted molar refractivity (Wildman–Crippen MR) is 119 cm³/mol. The van der Waals surface area contributed by atoms with Crippen LogP contribution in [-0.4, -0.2) is 32.6 Å². The van der Waals surface area contributed by atoms with E-state index in [1.54, 1.807) is 0 Å². The van der Waals surface area contributed by atoms with E-state index in [2.05, 4.69) is 27.2 Å². The summed E-state index contributed by atoms with van der Waals surface area (Å²) in [5, 5.41) is 17.9. The van der Waals surface area contributed by atoms with E-state index >= 15 is 0 Å². The average Bonchev–Trinajstić information content (AvgIpc) is 3.30. The summed E-state index contributed by atoms with van der Waals surface area (Å²) in [4.78, 5) is 4.82. The van der Waals surface area contributed by atoms with Crippen molar-refractivity contribution >= 4 is 17.0 Å². The van der Waals surface area contributed by atoms with Crippen LogP contribution < -0.4 is 10.1 Å². The highest BCUT2D eigenvalue weighted by molar-refractivity contribution is 5.94. The molecule has 2 unspecified atom stereocenters. The Labute approximate surface area is 180 Å². The van der Waals surface area contributed by atoms with Gasteiger partial charge in [-0.15, -0.1) is 0 Å². The molecule has 0 saturated heterocycles. The number of aromatic nitrogens is 3. The molecule has 0 aliphatic carbocycles. The minimum absolute atomic E-state index is 0.0416. The van der Waals surface area contributed by atoms with E-state index in [0.717, 1.165) is 44.9 Å². The van der Waals surface area contributed by atoms with E-state index < -0.39 is 6.23 Å². The monoisotopic (exact) mass is 418 g/mol. The largest absolute Gasteiger partial charge is 0.488 e. The van der Waals surface area contributed by atoms with Crippen molar-refractivity contribution in [2.75, 3.05) is 11.9 Å². The lowest BCUT2D eigenvalue weighted by Crippen LogP contribution is -2.30. The molecule has 1 aliphatic heterocycles. The number of hydrogen-bond acceptors (Lipinski definition) is 6. The molecule has 2 aromatic carbocycles. The second kappa shape index (κ2) is 7.42. The first-order valence-electron chi connectivity index (χ1n) is 10.6. The van der Waals surface area contributed by atoms with Gasteiger partial charge in [0, 0.05) is 5.56 Å². The van der Waals surface area contributed by atoms with Gasteiger partial charge in [-0.1, -0.05) is 49.3 Å². The van der Waals surface area contributed by atoms with Crippen molar-refractivity contribution in [2.24, 2.45) is 5.92 Å². The third kappa shape index (κ3) is 3.16. The van der Waals surface area contributed by atoms with E-state index in [9.17, 15) is 5.11 Å². The van der Waals surface area contributed by atoms with Crippen LogP contribution in [0.1, 0.15) is 36.9 Å². The average molecular weight is 418 g/mol. The van der Waals surface area contributed by atoms with Crippen molar-refractivity contribution in [3.63, 3.8) is 0 Å². The van der Waals surface area contributed by atoms with E-state index in [-0.39, 0.29) is 12.0 Å². The number of hydrogen-bond donors (Lipinski definition) is 2. The maximum atomic E-state index is 10.5. The van der Waals surface area contributed by atoms with Gasteiger partial charge in [-0.25, -0.2) is 4.98 Å². The summed E-state index contributed by atoms with van der Waals surface area (Å²) in [5.41, 5.74) is 5.53. The van der Waals surface area contributed by atoms with Crippen LogP contribution in [0, 0.1) is 19.8 Å². The molecular weight excluding hydrogens is 392 g/mol. The number of imidazole rings is 1. The standard InChI is InChI=1S/C24H26N4O3/c1-13(2)23(29)26-24-25-18-11-10-17(20-14(3)27-31-15(20)4)22-21(18)28(24)19(12-30-22)16-8-6-5-7-9-16/h5-11,13,19,23,29H,12H2,1-4H3,(H,25,26). The number of rotatable bonds is 5. The van der Waals surface area contributed by atoms with Crippen LogP contribution >= 0.6 is 0 Å². The third-order valence-electron chi connectivity index (χ3n) is 5.90. The van der Waals surface area contributed by atoms with Crippen LogP contribution in [0.5, 0.6) is 5.75 Å². The lowest BCUT2D eigenvalue weighted by molar-refractivity contribution is 0.151. The van der Waals surface area contributed by atoms with Gasteiger partial charge >= 0.3 is 0 Å². The van der Waals surface area contributed by atoms with Crippen LogP contribution in [0.3, 0.4) is 0 Å². The molecule has 3 heterocycles. The number of aliphatic hydroxyl groups is 1. The summed E-state index contributed by atoms with van der Waals surface area (Å²) in [6.45, 7) is 8.23. The molecule has 7 heteroatoms. The summed E-state index contributed by atoms with van der Waals surface area (Å²) >= 11 is 0. The van der Waals surface area contributed by atoms with Gasteiger partial charge in [-0.05, 0) is 37.5 Å². The van der Waals surface area contributed by atoms with Crippen molar-refractivity contribution in [1.29, 1.82) is 0 Å². The Kier molecular flexibility index (Phi) is 4.70. The van der Waals surface area contributed by atoms with Crippen molar-refractivity contribution in [3.05, 3.63) is 59.5 Å². The molecule has 7 nitrogen and oxygen atoms in total. The van der Waals surface area contributed by atoms with Gasteiger partial charge in [-0.2, -0.15) is 0 Å². The molecule has 0 amide bonds. The first kappa shape index (κ1) is 19.6. The van der Waals surface area contributed by atoms with Gasteiger partial charge in [-0.3, -0.25) is 4.57 Å². The molecule has 0 fully saturated rings. The number of aryl methyl sites for hydroxylation is 2. The van der Waals surface area contributed by atoms with Crippen LogP contribution in [0.15, 0.2) is 47.0 Å². The summed E-state index contributed by atoms with van der Waals surface area (Å²) in [7, 11) is 0. The Bertz CT molecular complexity index is 1220. The number of anilines is 1. The Morgan fingerprint density at radius 2 is 1.90 bits per heavy atom. The zero-order chi connectivity index (χ0) is 21.7. The second-order valence-corrected chi connectivity index (χ2v) is 8.39. The van der Waals surface area contributed by atoms with Gasteiger partial charge in [0.2, 0.25) is 5.95 Å². The Morgan fingerprint density at radius 1 is 1.13 bits per heavy atom. The minimum Gasteiger partial charge on any atom is -0.488 e. The maximum absolute atomic E-state index is 10.5. The van der Waals surface area contributed by atoms with Gasteiger partial charge in [0.25, 0.3) is 0 Å². The number of nitrogens with zero attached hydrogens (tertiary/aromatic N) is 3. The first-order chi connectivity index (χ1) is 15.0. The topological polar surface area (TPSA) is 85.3 Å². The summed E-state index contributed by atoms with van der Waals surface area (Å²) in [6.07, 6.45) is -0.710. The summed E-state index contributed by atoms with van der Waals surface area (Å²) in [6, 6.07) is 14.2. The van der Waals surface area contributed by atoms with Crippen molar-refractivity contribution in [3.8, 4) is 16.9 Å². The smallest absolute Gasteiger partial charge is 0.206 e. The Hall–Kier alpha value is -3.32. The fourth-order valence-corrected chi connectivity index (χ4v) is 4.23. The zero-order valence-electron chi connectivity index (χ0n) is 18.1. The van der Waals surface area contributed by atoms with E-state index in [1.807, 2.05) is 58.0 Å². The zero-order valence-corrected chi connectivity index (χ0v) is 18.1. The normalized spacial score (nSPS) is 16.5. The minimum atomic E-state index is -0.710.